The maximum Gasteiger partial charge on any atom is 0.249 e. The van der Waals surface area contributed by atoms with E-state index in [-0.39, 0.29) is 5.75 Å². The number of carbonyl (C=O) groups excluding carboxylic acids is 1. The fourth-order valence-corrected chi connectivity index (χ4v) is 3.04. The van der Waals surface area contributed by atoms with Crippen molar-refractivity contribution < 1.29 is 9.90 Å². The molecule has 0 aliphatic heterocycles. The first-order valence-electron chi connectivity index (χ1n) is 7.57. The second kappa shape index (κ2) is 6.06. The first kappa shape index (κ1) is 14.4. The van der Waals surface area contributed by atoms with E-state index in [1.165, 1.54) is 24.0 Å². The monoisotopic (exact) mass is 293 g/mol. The van der Waals surface area contributed by atoms with Gasteiger partial charge in [0.15, 0.2) is 0 Å². The number of aryl methyl sites for hydroxylation is 1. The van der Waals surface area contributed by atoms with Gasteiger partial charge in [0.25, 0.3) is 0 Å². The maximum atomic E-state index is 11.8. The highest BCUT2D eigenvalue weighted by Gasteiger charge is 2.14. The molecule has 0 unspecified atom stereocenters. The lowest BCUT2D eigenvalue weighted by Gasteiger charge is -2.18. The van der Waals surface area contributed by atoms with Crippen LogP contribution in [-0.2, 0) is 17.6 Å². The molecular weight excluding hydrogens is 274 g/mol. The third kappa shape index (κ3) is 2.89. The molecule has 3 nitrogen and oxygen atoms in total. The molecule has 0 bridgehead atoms. The number of benzene rings is 2. The van der Waals surface area contributed by atoms with Gasteiger partial charge >= 0.3 is 0 Å². The van der Waals surface area contributed by atoms with Crippen molar-refractivity contribution in [2.45, 2.75) is 25.7 Å². The first-order valence-corrected chi connectivity index (χ1v) is 7.57. The van der Waals surface area contributed by atoms with Gasteiger partial charge < -0.3 is 10.8 Å². The van der Waals surface area contributed by atoms with E-state index in [2.05, 4.69) is 6.07 Å². The van der Waals surface area contributed by atoms with Crippen molar-refractivity contribution in [3.05, 3.63) is 64.7 Å². The molecule has 3 rings (SSSR count). The molecule has 0 radical (unpaired) electrons. The Balaban J connectivity index is 2.07. The van der Waals surface area contributed by atoms with E-state index in [1.54, 1.807) is 24.3 Å². The van der Waals surface area contributed by atoms with Crippen LogP contribution >= 0.6 is 0 Å². The molecule has 1 aliphatic rings. The highest BCUT2D eigenvalue weighted by atomic mass is 16.3. The number of hydrogen-bond donors (Lipinski definition) is 2. The lowest BCUT2D eigenvalue weighted by Crippen LogP contribution is -2.13. The molecule has 0 aromatic heterocycles. The van der Waals surface area contributed by atoms with Crippen LogP contribution in [0.3, 0.4) is 0 Å². The molecular formula is C19H19NO2. The van der Waals surface area contributed by atoms with E-state index in [0.29, 0.717) is 5.57 Å². The minimum atomic E-state index is -0.459. The standard InChI is InChI=1S/C19H19NO2/c20-19(22)18(14-8-10-16(21)11-9-14)12-15-6-3-5-13-4-1-2-7-17(13)15/h3,5-6,8-12,21H,1-2,4,7H2,(H2,20,22)/b18-12-. The van der Waals surface area contributed by atoms with Crippen molar-refractivity contribution in [2.75, 3.05) is 0 Å². The number of hydrogen-bond acceptors (Lipinski definition) is 2. The van der Waals surface area contributed by atoms with Gasteiger partial charge in [0.1, 0.15) is 5.75 Å². The summed E-state index contributed by atoms with van der Waals surface area (Å²) in [5.41, 5.74) is 10.5. The van der Waals surface area contributed by atoms with Crippen molar-refractivity contribution in [1.29, 1.82) is 0 Å². The minimum Gasteiger partial charge on any atom is -0.508 e. The molecule has 0 heterocycles. The van der Waals surface area contributed by atoms with Crippen LogP contribution in [0.4, 0.5) is 0 Å². The molecule has 3 N–H and O–H groups in total. The highest BCUT2D eigenvalue weighted by molar-refractivity contribution is 6.23. The smallest absolute Gasteiger partial charge is 0.249 e. The number of rotatable bonds is 3. The maximum absolute atomic E-state index is 11.8. The summed E-state index contributed by atoms with van der Waals surface area (Å²) in [7, 11) is 0. The van der Waals surface area contributed by atoms with Gasteiger partial charge in [-0.05, 0) is 66.1 Å². The number of fused-ring (bicyclic) bond motifs is 1. The van der Waals surface area contributed by atoms with Crippen molar-refractivity contribution in [3.8, 4) is 5.75 Å². The lowest BCUT2D eigenvalue weighted by atomic mass is 9.87. The van der Waals surface area contributed by atoms with Crippen molar-refractivity contribution in [2.24, 2.45) is 5.73 Å². The first-order chi connectivity index (χ1) is 10.6. The number of aromatic hydroxyl groups is 1. The van der Waals surface area contributed by atoms with E-state index >= 15 is 0 Å². The zero-order valence-electron chi connectivity index (χ0n) is 12.4. The second-order valence-corrected chi connectivity index (χ2v) is 5.66. The number of phenols is 1. The zero-order valence-corrected chi connectivity index (χ0v) is 12.4. The number of carbonyl (C=O) groups is 1. The predicted octanol–water partition coefficient (Wildman–Crippen LogP) is 3.30. The van der Waals surface area contributed by atoms with E-state index in [4.69, 9.17) is 5.73 Å². The van der Waals surface area contributed by atoms with Crippen molar-refractivity contribution in [1.82, 2.24) is 0 Å². The summed E-state index contributed by atoms with van der Waals surface area (Å²) in [6.07, 6.45) is 6.42. The Bertz CT molecular complexity index is 730. The van der Waals surface area contributed by atoms with Crippen molar-refractivity contribution >= 4 is 17.6 Å². The topological polar surface area (TPSA) is 63.3 Å². The summed E-state index contributed by atoms with van der Waals surface area (Å²) in [5, 5.41) is 9.39. The van der Waals surface area contributed by atoms with Crippen LogP contribution in [0, 0.1) is 0 Å². The molecule has 0 atom stereocenters. The Labute approximate surface area is 130 Å². The molecule has 1 aliphatic carbocycles. The average molecular weight is 293 g/mol. The van der Waals surface area contributed by atoms with Crippen LogP contribution in [-0.4, -0.2) is 11.0 Å². The Kier molecular flexibility index (Phi) is 3.96. The van der Waals surface area contributed by atoms with Gasteiger partial charge in [-0.1, -0.05) is 30.3 Å². The van der Waals surface area contributed by atoms with Crippen molar-refractivity contribution in [3.63, 3.8) is 0 Å². The largest absolute Gasteiger partial charge is 0.508 e. The number of phenolic OH excluding ortho intramolecular Hbond substituents is 1. The Morgan fingerprint density at radius 2 is 1.77 bits per heavy atom. The minimum absolute atomic E-state index is 0.171. The normalized spacial score (nSPS) is 14.5. The van der Waals surface area contributed by atoms with Crippen LogP contribution in [0.5, 0.6) is 5.75 Å². The van der Waals surface area contributed by atoms with E-state index in [0.717, 1.165) is 24.0 Å². The number of primary amides is 1. The van der Waals surface area contributed by atoms with Gasteiger partial charge in [0.2, 0.25) is 5.91 Å². The molecule has 0 fully saturated rings. The average Bonchev–Trinajstić information content (AvgIpc) is 2.53. The van der Waals surface area contributed by atoms with Gasteiger partial charge in [-0.15, -0.1) is 0 Å². The molecule has 112 valence electrons. The quantitative estimate of drug-likeness (QED) is 0.673. The molecule has 0 saturated carbocycles. The number of nitrogens with two attached hydrogens (primary N) is 1. The Morgan fingerprint density at radius 1 is 1.05 bits per heavy atom. The predicted molar refractivity (Wildman–Crippen MR) is 88.3 cm³/mol. The third-order valence-corrected chi connectivity index (χ3v) is 4.18. The molecule has 22 heavy (non-hydrogen) atoms. The summed E-state index contributed by atoms with van der Waals surface area (Å²) in [6.45, 7) is 0. The summed E-state index contributed by atoms with van der Waals surface area (Å²) >= 11 is 0. The molecule has 2 aromatic carbocycles. The van der Waals surface area contributed by atoms with E-state index in [9.17, 15) is 9.90 Å². The van der Waals surface area contributed by atoms with Gasteiger partial charge in [-0.25, -0.2) is 0 Å². The Hall–Kier alpha value is -2.55. The lowest BCUT2D eigenvalue weighted by molar-refractivity contribution is -0.112. The van der Waals surface area contributed by atoms with E-state index < -0.39 is 5.91 Å². The fourth-order valence-electron chi connectivity index (χ4n) is 3.04. The number of amides is 1. The molecule has 0 spiro atoms. The van der Waals surface area contributed by atoms with Crippen LogP contribution in [0.1, 0.15) is 35.1 Å². The second-order valence-electron chi connectivity index (χ2n) is 5.66. The summed E-state index contributed by atoms with van der Waals surface area (Å²) < 4.78 is 0. The van der Waals surface area contributed by atoms with Crippen LogP contribution < -0.4 is 5.73 Å². The summed E-state index contributed by atoms with van der Waals surface area (Å²) in [5.74, 6) is -0.288. The van der Waals surface area contributed by atoms with Gasteiger partial charge in [-0.2, -0.15) is 0 Å². The van der Waals surface area contributed by atoms with Crippen LogP contribution in [0.2, 0.25) is 0 Å². The Morgan fingerprint density at radius 3 is 2.50 bits per heavy atom. The van der Waals surface area contributed by atoms with Gasteiger partial charge in [0.05, 0.1) is 0 Å². The zero-order chi connectivity index (χ0) is 15.5. The molecule has 1 amide bonds. The molecule has 0 saturated heterocycles. The summed E-state index contributed by atoms with van der Waals surface area (Å²) in [6, 6.07) is 12.8. The highest BCUT2D eigenvalue weighted by Crippen LogP contribution is 2.28. The van der Waals surface area contributed by atoms with Crippen LogP contribution in [0.15, 0.2) is 42.5 Å². The van der Waals surface area contributed by atoms with E-state index in [1.807, 2.05) is 18.2 Å². The fraction of sp³-hybridized carbons (Fsp3) is 0.211. The van der Waals surface area contributed by atoms with Gasteiger partial charge in [-0.3, -0.25) is 4.79 Å². The third-order valence-electron chi connectivity index (χ3n) is 4.18. The van der Waals surface area contributed by atoms with Gasteiger partial charge in [0, 0.05) is 5.57 Å². The molecule has 3 heteroatoms. The molecule has 2 aromatic rings. The summed E-state index contributed by atoms with van der Waals surface area (Å²) in [4.78, 5) is 11.8. The van der Waals surface area contributed by atoms with Crippen LogP contribution in [0.25, 0.3) is 11.6 Å². The SMILES string of the molecule is NC(=O)/C(=C\c1cccc2c1CCCC2)c1ccc(O)cc1.